The number of aliphatic hydroxyl groups is 1. The van der Waals surface area contributed by atoms with Crippen molar-refractivity contribution in [2.45, 2.75) is 11.3 Å². The molecule has 0 aliphatic carbocycles. The molecule has 1 heterocycles. The van der Waals surface area contributed by atoms with Gasteiger partial charge in [0.2, 0.25) is 0 Å². The van der Waals surface area contributed by atoms with Crippen LogP contribution in [0.3, 0.4) is 0 Å². The predicted octanol–water partition coefficient (Wildman–Crippen LogP) is 1.36. The number of hydrogen-bond donors (Lipinski definition) is 2. The Hall–Kier alpha value is -1.79. The molecule has 2 rings (SSSR count). The summed E-state index contributed by atoms with van der Waals surface area (Å²) in [4.78, 5) is 0.231. The molecule has 2 N–H and O–H groups in total. The molecule has 0 spiro atoms. The van der Waals surface area contributed by atoms with E-state index in [2.05, 4.69) is 4.72 Å². The Kier molecular flexibility index (Phi) is 3.92. The maximum atomic E-state index is 12.1. The summed E-state index contributed by atoms with van der Waals surface area (Å²) < 4.78 is 28.3. The fourth-order valence-corrected chi connectivity index (χ4v) is 2.83. The van der Waals surface area contributed by atoms with Crippen molar-refractivity contribution >= 4 is 15.7 Å². The zero-order valence-corrected chi connectivity index (χ0v) is 11.4. The number of anilines is 1. The van der Waals surface area contributed by atoms with Gasteiger partial charge in [-0.1, -0.05) is 12.1 Å². The first-order valence-electron chi connectivity index (χ1n) is 5.86. The van der Waals surface area contributed by atoms with Gasteiger partial charge in [-0.25, -0.2) is 8.42 Å². The average Bonchev–Trinajstić information content (AvgIpc) is 2.79. The van der Waals surface area contributed by atoms with Gasteiger partial charge in [-0.15, -0.1) is 0 Å². The van der Waals surface area contributed by atoms with Gasteiger partial charge >= 0.3 is 0 Å². The van der Waals surface area contributed by atoms with E-state index in [1.54, 1.807) is 54.3 Å². The SMILES string of the molecule is Cn1ccc(S(=O)(=O)Nc2ccc(CCO)cc2)c1. The number of aryl methyl sites for hydroxylation is 1. The molecule has 0 aliphatic rings. The number of nitrogens with zero attached hydrogens (tertiary/aromatic N) is 1. The molecule has 5 nitrogen and oxygen atoms in total. The second-order valence-electron chi connectivity index (χ2n) is 4.29. The molecule has 0 saturated carbocycles. The van der Waals surface area contributed by atoms with Gasteiger partial charge in [-0.05, 0) is 30.2 Å². The quantitative estimate of drug-likeness (QED) is 0.868. The number of rotatable bonds is 5. The van der Waals surface area contributed by atoms with Crippen LogP contribution in [0.25, 0.3) is 0 Å². The Morgan fingerprint density at radius 1 is 1.21 bits per heavy atom. The molecule has 0 fully saturated rings. The monoisotopic (exact) mass is 280 g/mol. The second kappa shape index (κ2) is 5.46. The summed E-state index contributed by atoms with van der Waals surface area (Å²) in [6.07, 6.45) is 3.78. The molecule has 0 unspecified atom stereocenters. The lowest BCUT2D eigenvalue weighted by Gasteiger charge is -2.07. The third-order valence-electron chi connectivity index (χ3n) is 2.72. The zero-order chi connectivity index (χ0) is 13.9. The molecule has 0 amide bonds. The lowest BCUT2D eigenvalue weighted by Crippen LogP contribution is -2.12. The summed E-state index contributed by atoms with van der Waals surface area (Å²) in [5.41, 5.74) is 1.47. The Morgan fingerprint density at radius 3 is 2.42 bits per heavy atom. The molecule has 2 aromatic rings. The van der Waals surface area contributed by atoms with Crippen molar-refractivity contribution < 1.29 is 13.5 Å². The molecule has 1 aromatic carbocycles. The maximum absolute atomic E-state index is 12.1. The van der Waals surface area contributed by atoms with E-state index >= 15 is 0 Å². The maximum Gasteiger partial charge on any atom is 0.263 e. The summed E-state index contributed by atoms with van der Waals surface area (Å²) >= 11 is 0. The topological polar surface area (TPSA) is 71.3 Å². The van der Waals surface area contributed by atoms with Crippen LogP contribution >= 0.6 is 0 Å². The van der Waals surface area contributed by atoms with Crippen LogP contribution in [0.2, 0.25) is 0 Å². The molecule has 1 aromatic heterocycles. The van der Waals surface area contributed by atoms with Crippen LogP contribution in [0.15, 0.2) is 47.6 Å². The van der Waals surface area contributed by atoms with Gasteiger partial charge in [-0.3, -0.25) is 4.72 Å². The molecule has 0 saturated heterocycles. The largest absolute Gasteiger partial charge is 0.396 e. The summed E-state index contributed by atoms with van der Waals surface area (Å²) in [5.74, 6) is 0. The normalized spacial score (nSPS) is 11.5. The smallest absolute Gasteiger partial charge is 0.263 e. The lowest BCUT2D eigenvalue weighted by molar-refractivity contribution is 0.299. The predicted molar refractivity (Wildman–Crippen MR) is 73.5 cm³/mol. The van der Waals surface area contributed by atoms with E-state index in [0.717, 1.165) is 5.56 Å². The molecule has 0 bridgehead atoms. The van der Waals surface area contributed by atoms with Gasteiger partial charge in [0.1, 0.15) is 4.90 Å². The third kappa shape index (κ3) is 3.36. The number of sulfonamides is 1. The first-order valence-corrected chi connectivity index (χ1v) is 7.34. The first-order chi connectivity index (χ1) is 9.01. The second-order valence-corrected chi connectivity index (χ2v) is 5.97. The molecular weight excluding hydrogens is 264 g/mol. The number of nitrogens with one attached hydrogen (secondary N) is 1. The van der Waals surface area contributed by atoms with Crippen LogP contribution in [-0.4, -0.2) is 24.7 Å². The molecular formula is C13H16N2O3S. The van der Waals surface area contributed by atoms with E-state index in [0.29, 0.717) is 12.1 Å². The van der Waals surface area contributed by atoms with Gasteiger partial charge in [0.25, 0.3) is 10.0 Å². The average molecular weight is 280 g/mol. The van der Waals surface area contributed by atoms with Gasteiger partial charge in [0, 0.05) is 31.7 Å². The van der Waals surface area contributed by atoms with Gasteiger partial charge in [-0.2, -0.15) is 0 Å². The number of benzene rings is 1. The van der Waals surface area contributed by atoms with E-state index < -0.39 is 10.0 Å². The zero-order valence-electron chi connectivity index (χ0n) is 10.6. The molecule has 0 radical (unpaired) electrons. The minimum Gasteiger partial charge on any atom is -0.396 e. The Bertz CT molecular complexity index is 645. The highest BCUT2D eigenvalue weighted by Crippen LogP contribution is 2.16. The summed E-state index contributed by atoms with van der Waals surface area (Å²) in [7, 11) is -1.77. The standard InChI is InChI=1S/C13H16N2O3S/c1-15-8-6-13(10-15)19(17,18)14-12-4-2-11(3-5-12)7-9-16/h2-6,8,10,14,16H,7,9H2,1H3. The Balaban J connectivity index is 2.16. The molecule has 0 aliphatic heterocycles. The van der Waals surface area contributed by atoms with Crippen molar-refractivity contribution in [2.24, 2.45) is 7.05 Å². The first kappa shape index (κ1) is 13.6. The van der Waals surface area contributed by atoms with Gasteiger partial charge in [0.05, 0.1) is 0 Å². The molecule has 102 valence electrons. The summed E-state index contributed by atoms with van der Waals surface area (Å²) in [5, 5.41) is 8.81. The highest BCUT2D eigenvalue weighted by Gasteiger charge is 2.14. The number of aliphatic hydroxyl groups excluding tert-OH is 1. The highest BCUT2D eigenvalue weighted by atomic mass is 32.2. The van der Waals surface area contributed by atoms with Gasteiger partial charge in [0.15, 0.2) is 0 Å². The third-order valence-corrected chi connectivity index (χ3v) is 4.09. The van der Waals surface area contributed by atoms with E-state index in [4.69, 9.17) is 5.11 Å². The van der Waals surface area contributed by atoms with E-state index in [9.17, 15) is 8.42 Å². The Labute approximate surface area is 112 Å². The summed E-state index contributed by atoms with van der Waals surface area (Å²) in [6.45, 7) is 0.0785. The fourth-order valence-electron chi connectivity index (χ4n) is 1.72. The van der Waals surface area contributed by atoms with Crippen LogP contribution < -0.4 is 4.72 Å². The van der Waals surface area contributed by atoms with Crippen LogP contribution in [0, 0.1) is 0 Å². The number of hydrogen-bond acceptors (Lipinski definition) is 3. The lowest BCUT2D eigenvalue weighted by atomic mass is 10.1. The number of aromatic nitrogens is 1. The van der Waals surface area contributed by atoms with Crippen molar-refractivity contribution in [3.8, 4) is 0 Å². The van der Waals surface area contributed by atoms with Crippen molar-refractivity contribution in [1.82, 2.24) is 4.57 Å². The van der Waals surface area contributed by atoms with Crippen molar-refractivity contribution in [2.75, 3.05) is 11.3 Å². The molecule has 0 atom stereocenters. The van der Waals surface area contributed by atoms with Crippen molar-refractivity contribution in [3.05, 3.63) is 48.3 Å². The van der Waals surface area contributed by atoms with Crippen molar-refractivity contribution in [1.29, 1.82) is 0 Å². The fraction of sp³-hybridized carbons (Fsp3) is 0.231. The van der Waals surface area contributed by atoms with Crippen LogP contribution in [-0.2, 0) is 23.5 Å². The minimum absolute atomic E-state index is 0.0785. The molecule has 19 heavy (non-hydrogen) atoms. The van der Waals surface area contributed by atoms with Gasteiger partial charge < -0.3 is 9.67 Å². The molecule has 6 heteroatoms. The van der Waals surface area contributed by atoms with E-state index in [1.807, 2.05) is 0 Å². The van der Waals surface area contributed by atoms with E-state index in [1.165, 1.54) is 0 Å². The Morgan fingerprint density at radius 2 is 1.89 bits per heavy atom. The van der Waals surface area contributed by atoms with Crippen LogP contribution in [0.5, 0.6) is 0 Å². The van der Waals surface area contributed by atoms with Crippen LogP contribution in [0.1, 0.15) is 5.56 Å². The van der Waals surface area contributed by atoms with Crippen LogP contribution in [0.4, 0.5) is 5.69 Å². The summed E-state index contributed by atoms with van der Waals surface area (Å²) in [6, 6.07) is 8.50. The minimum atomic E-state index is -3.54. The highest BCUT2D eigenvalue weighted by molar-refractivity contribution is 7.92. The van der Waals surface area contributed by atoms with Crippen molar-refractivity contribution in [3.63, 3.8) is 0 Å². The van der Waals surface area contributed by atoms with E-state index in [-0.39, 0.29) is 11.5 Å².